The predicted octanol–water partition coefficient (Wildman–Crippen LogP) is 0.415. The van der Waals surface area contributed by atoms with E-state index in [2.05, 4.69) is 9.88 Å². The molecule has 5 nitrogen and oxygen atoms in total. The summed E-state index contributed by atoms with van der Waals surface area (Å²) in [6.07, 6.45) is 1.83. The van der Waals surface area contributed by atoms with E-state index in [1.807, 2.05) is 6.07 Å². The van der Waals surface area contributed by atoms with Crippen molar-refractivity contribution in [2.75, 3.05) is 26.3 Å². The first kappa shape index (κ1) is 10.5. The smallest absolute Gasteiger partial charge is 0.144 e. The van der Waals surface area contributed by atoms with Crippen molar-refractivity contribution >= 4 is 0 Å². The van der Waals surface area contributed by atoms with Crippen LogP contribution in [0.5, 0.6) is 5.75 Å². The Morgan fingerprint density at radius 2 is 2.29 bits per heavy atom. The van der Waals surface area contributed by atoms with Crippen molar-refractivity contribution in [3.63, 3.8) is 0 Å². The second-order valence-electron chi connectivity index (χ2n) is 4.37. The number of hydrogen-bond acceptors (Lipinski definition) is 5. The van der Waals surface area contributed by atoms with Gasteiger partial charge in [-0.25, -0.2) is 4.98 Å². The Hall–Kier alpha value is -1.64. The second-order valence-corrected chi connectivity index (χ2v) is 4.37. The number of likely N-dealkylation sites (tertiary alicyclic amines) is 1. The lowest BCUT2D eigenvalue weighted by Gasteiger charge is -2.46. The zero-order valence-electron chi connectivity index (χ0n) is 9.37. The Morgan fingerprint density at radius 3 is 2.94 bits per heavy atom. The van der Waals surface area contributed by atoms with Crippen LogP contribution in [0.3, 0.4) is 0 Å². The van der Waals surface area contributed by atoms with Gasteiger partial charge in [0, 0.05) is 25.4 Å². The number of rotatable bonds is 3. The van der Waals surface area contributed by atoms with Crippen LogP contribution in [0.25, 0.3) is 0 Å². The maximum Gasteiger partial charge on any atom is 0.144 e. The summed E-state index contributed by atoms with van der Waals surface area (Å²) in [6.45, 7) is 3.58. The van der Waals surface area contributed by atoms with Gasteiger partial charge in [0.15, 0.2) is 0 Å². The summed E-state index contributed by atoms with van der Waals surface area (Å²) in [5.41, 5.74) is 0.395. The lowest BCUT2D eigenvalue weighted by molar-refractivity contribution is -0.115. The van der Waals surface area contributed by atoms with E-state index in [1.54, 1.807) is 18.3 Å². The van der Waals surface area contributed by atoms with Crippen LogP contribution >= 0.6 is 0 Å². The number of aromatic nitrogens is 1. The summed E-state index contributed by atoms with van der Waals surface area (Å²) in [7, 11) is 0. The Labute approximate surface area is 99.6 Å². The highest BCUT2D eigenvalue weighted by molar-refractivity contribution is 5.30. The summed E-state index contributed by atoms with van der Waals surface area (Å²) in [4.78, 5) is 6.27. The van der Waals surface area contributed by atoms with Gasteiger partial charge in [0.2, 0.25) is 0 Å². The minimum absolute atomic E-state index is 0.226. The summed E-state index contributed by atoms with van der Waals surface area (Å²) in [5, 5.41) is 8.73. The van der Waals surface area contributed by atoms with E-state index in [9.17, 15) is 0 Å². The van der Waals surface area contributed by atoms with E-state index in [1.165, 1.54) is 0 Å². The fraction of sp³-hybridized carbons (Fsp3) is 0.500. The topological polar surface area (TPSA) is 58.4 Å². The van der Waals surface area contributed by atoms with Gasteiger partial charge >= 0.3 is 0 Å². The van der Waals surface area contributed by atoms with Crippen LogP contribution in [-0.2, 0) is 4.74 Å². The molecule has 0 bridgehead atoms. The number of ether oxygens (including phenoxy) is 2. The molecule has 1 aromatic heterocycles. The molecule has 2 aliphatic rings. The molecule has 0 unspecified atom stereocenters. The van der Waals surface area contributed by atoms with E-state index < -0.39 is 0 Å². The van der Waals surface area contributed by atoms with Gasteiger partial charge in [-0.2, -0.15) is 5.26 Å². The number of nitriles is 1. The number of pyridine rings is 1. The van der Waals surface area contributed by atoms with Gasteiger partial charge < -0.3 is 9.47 Å². The molecular weight excluding hydrogens is 218 g/mol. The lowest BCUT2D eigenvalue weighted by Crippen LogP contribution is -2.62. The molecule has 0 saturated carbocycles. The molecule has 0 amide bonds. The molecule has 88 valence electrons. The Morgan fingerprint density at radius 1 is 1.47 bits per heavy atom. The minimum Gasteiger partial charge on any atom is -0.488 e. The molecule has 17 heavy (non-hydrogen) atoms. The van der Waals surface area contributed by atoms with E-state index in [4.69, 9.17) is 14.7 Å². The fourth-order valence-electron chi connectivity index (χ4n) is 2.01. The van der Waals surface area contributed by atoms with Crippen molar-refractivity contribution < 1.29 is 9.47 Å². The third kappa shape index (κ3) is 2.09. The largest absolute Gasteiger partial charge is 0.488 e. The van der Waals surface area contributed by atoms with Crippen LogP contribution < -0.4 is 4.74 Å². The van der Waals surface area contributed by atoms with Gasteiger partial charge in [-0.05, 0) is 6.07 Å². The van der Waals surface area contributed by atoms with E-state index in [0.717, 1.165) is 32.1 Å². The Kier molecular flexibility index (Phi) is 2.67. The third-order valence-electron chi connectivity index (χ3n) is 3.16. The summed E-state index contributed by atoms with van der Waals surface area (Å²) in [6, 6.07) is 6.05. The maximum atomic E-state index is 8.73. The molecule has 2 aliphatic heterocycles. The standard InChI is InChI=1S/C12H13N3O2/c13-4-9-3-11(1-2-14-9)17-12-5-15(6-12)10-7-16-8-10/h1-3,10,12H,5-8H2. The number of nitrogens with zero attached hydrogens (tertiary/aromatic N) is 3. The van der Waals surface area contributed by atoms with Crippen LogP contribution in [0.4, 0.5) is 0 Å². The van der Waals surface area contributed by atoms with Gasteiger partial charge in [-0.3, -0.25) is 4.90 Å². The fourth-order valence-corrected chi connectivity index (χ4v) is 2.01. The van der Waals surface area contributed by atoms with E-state index >= 15 is 0 Å². The van der Waals surface area contributed by atoms with E-state index in [-0.39, 0.29) is 6.10 Å². The number of hydrogen-bond donors (Lipinski definition) is 0. The van der Waals surface area contributed by atoms with E-state index in [0.29, 0.717) is 11.7 Å². The van der Waals surface area contributed by atoms with Gasteiger partial charge in [0.05, 0.1) is 19.3 Å². The molecule has 0 aliphatic carbocycles. The molecular formula is C12H13N3O2. The maximum absolute atomic E-state index is 8.73. The average molecular weight is 231 g/mol. The van der Waals surface area contributed by atoms with Gasteiger partial charge in [0.25, 0.3) is 0 Å². The van der Waals surface area contributed by atoms with Crippen molar-refractivity contribution in [1.82, 2.24) is 9.88 Å². The van der Waals surface area contributed by atoms with Crippen LogP contribution in [0.15, 0.2) is 18.3 Å². The molecule has 1 aromatic rings. The van der Waals surface area contributed by atoms with Gasteiger partial charge in [-0.15, -0.1) is 0 Å². The molecule has 3 rings (SSSR count). The highest BCUT2D eigenvalue weighted by Gasteiger charge is 2.37. The molecule has 3 heterocycles. The zero-order chi connectivity index (χ0) is 11.7. The summed E-state index contributed by atoms with van der Waals surface area (Å²) in [5.74, 6) is 0.728. The monoisotopic (exact) mass is 231 g/mol. The van der Waals surface area contributed by atoms with Gasteiger partial charge in [-0.1, -0.05) is 0 Å². The molecule has 0 spiro atoms. The normalized spacial score (nSPS) is 21.4. The van der Waals surface area contributed by atoms with Crippen molar-refractivity contribution in [2.24, 2.45) is 0 Å². The van der Waals surface area contributed by atoms with Crippen LogP contribution in [0.2, 0.25) is 0 Å². The summed E-state index contributed by atoms with van der Waals surface area (Å²) >= 11 is 0. The van der Waals surface area contributed by atoms with Crippen LogP contribution in [0, 0.1) is 11.3 Å². The average Bonchev–Trinajstić information content (AvgIpc) is 2.24. The molecule has 0 N–H and O–H groups in total. The Bertz CT molecular complexity index is 447. The molecule has 2 fully saturated rings. The first-order valence-corrected chi connectivity index (χ1v) is 5.70. The zero-order valence-corrected chi connectivity index (χ0v) is 9.37. The van der Waals surface area contributed by atoms with Crippen molar-refractivity contribution in [2.45, 2.75) is 12.1 Å². The van der Waals surface area contributed by atoms with Crippen molar-refractivity contribution in [1.29, 1.82) is 5.26 Å². The highest BCUT2D eigenvalue weighted by atomic mass is 16.5. The summed E-state index contributed by atoms with van der Waals surface area (Å²) < 4.78 is 10.9. The first-order valence-electron chi connectivity index (χ1n) is 5.70. The Balaban J connectivity index is 1.53. The van der Waals surface area contributed by atoms with Crippen LogP contribution in [0.1, 0.15) is 5.69 Å². The highest BCUT2D eigenvalue weighted by Crippen LogP contribution is 2.22. The molecule has 2 saturated heterocycles. The van der Waals surface area contributed by atoms with Crippen LogP contribution in [-0.4, -0.2) is 48.3 Å². The predicted molar refractivity (Wildman–Crippen MR) is 59.5 cm³/mol. The molecule has 5 heteroatoms. The first-order chi connectivity index (χ1) is 8.35. The van der Waals surface area contributed by atoms with Gasteiger partial charge in [0.1, 0.15) is 23.6 Å². The minimum atomic E-state index is 0.226. The quantitative estimate of drug-likeness (QED) is 0.754. The molecule has 0 radical (unpaired) electrons. The molecule has 0 aromatic carbocycles. The SMILES string of the molecule is N#Cc1cc(OC2CN(C3COC3)C2)ccn1. The van der Waals surface area contributed by atoms with Crippen molar-refractivity contribution in [3.05, 3.63) is 24.0 Å². The third-order valence-corrected chi connectivity index (χ3v) is 3.16. The molecule has 0 atom stereocenters. The van der Waals surface area contributed by atoms with Crippen molar-refractivity contribution in [3.8, 4) is 11.8 Å². The lowest BCUT2D eigenvalue weighted by atomic mass is 10.1. The second kappa shape index (κ2) is 4.32.